The van der Waals surface area contributed by atoms with Crippen molar-refractivity contribution in [3.05, 3.63) is 0 Å². The number of hydrogen-bond acceptors (Lipinski definition) is 1. The Kier molecular flexibility index (Phi) is 1.63. The number of piperidine rings is 2. The second-order valence-corrected chi connectivity index (χ2v) is 5.23. The SMILES string of the molecule is CC12CCC(C)(CC1)N(C(N)=O)C2. The summed E-state index contributed by atoms with van der Waals surface area (Å²) in [6.45, 7) is 5.29. The monoisotopic (exact) mass is 182 g/mol. The molecule has 0 aromatic carbocycles. The van der Waals surface area contributed by atoms with E-state index in [9.17, 15) is 4.79 Å². The molecule has 3 fully saturated rings. The second kappa shape index (κ2) is 2.40. The molecule has 0 radical (unpaired) electrons. The predicted molar refractivity (Wildman–Crippen MR) is 51.3 cm³/mol. The first-order valence-electron chi connectivity index (χ1n) is 5.02. The van der Waals surface area contributed by atoms with Gasteiger partial charge < -0.3 is 10.6 Å². The summed E-state index contributed by atoms with van der Waals surface area (Å²) >= 11 is 0. The van der Waals surface area contributed by atoms with Crippen LogP contribution in [0.25, 0.3) is 0 Å². The minimum Gasteiger partial charge on any atom is -0.351 e. The van der Waals surface area contributed by atoms with Gasteiger partial charge in [-0.1, -0.05) is 6.92 Å². The number of nitrogens with zero attached hydrogens (tertiary/aromatic N) is 1. The summed E-state index contributed by atoms with van der Waals surface area (Å²) in [7, 11) is 0. The van der Waals surface area contributed by atoms with Crippen LogP contribution in [0.1, 0.15) is 39.5 Å². The molecule has 3 nitrogen and oxygen atoms in total. The van der Waals surface area contributed by atoms with E-state index in [1.165, 1.54) is 12.8 Å². The average Bonchev–Trinajstić information content (AvgIpc) is 2.07. The molecule has 13 heavy (non-hydrogen) atoms. The van der Waals surface area contributed by atoms with Crippen molar-refractivity contribution in [2.45, 2.75) is 45.1 Å². The lowest BCUT2D eigenvalue weighted by molar-refractivity contribution is -0.0373. The number of amides is 2. The number of fused-ring (bicyclic) bond motifs is 3. The fraction of sp³-hybridized carbons (Fsp3) is 0.900. The third-order valence-electron chi connectivity index (χ3n) is 3.99. The summed E-state index contributed by atoms with van der Waals surface area (Å²) in [5.41, 5.74) is 5.78. The van der Waals surface area contributed by atoms with E-state index in [0.717, 1.165) is 19.4 Å². The van der Waals surface area contributed by atoms with Crippen LogP contribution in [0, 0.1) is 5.41 Å². The van der Waals surface area contributed by atoms with Gasteiger partial charge in [-0.15, -0.1) is 0 Å². The van der Waals surface area contributed by atoms with Crippen LogP contribution in [0.5, 0.6) is 0 Å². The molecule has 0 aromatic rings. The van der Waals surface area contributed by atoms with Crippen LogP contribution < -0.4 is 5.73 Å². The molecule has 1 saturated carbocycles. The summed E-state index contributed by atoms with van der Waals surface area (Å²) in [5.74, 6) is 0. The largest absolute Gasteiger partial charge is 0.351 e. The van der Waals surface area contributed by atoms with Gasteiger partial charge in [0.25, 0.3) is 0 Å². The molecular formula is C10H18N2O. The van der Waals surface area contributed by atoms with Crippen molar-refractivity contribution < 1.29 is 4.79 Å². The standard InChI is InChI=1S/C10H18N2O/c1-9-3-5-10(2,6-4-9)12(7-9)8(11)13/h3-7H2,1-2H3,(H2,11,13). The van der Waals surface area contributed by atoms with Crippen molar-refractivity contribution in [2.24, 2.45) is 11.1 Å². The third kappa shape index (κ3) is 1.21. The maximum Gasteiger partial charge on any atom is 0.315 e. The maximum absolute atomic E-state index is 11.2. The molecule has 2 N–H and O–H groups in total. The van der Waals surface area contributed by atoms with Gasteiger partial charge in [0.2, 0.25) is 0 Å². The quantitative estimate of drug-likeness (QED) is 0.609. The Morgan fingerprint density at radius 1 is 1.23 bits per heavy atom. The second-order valence-electron chi connectivity index (χ2n) is 5.23. The molecular weight excluding hydrogens is 164 g/mol. The van der Waals surface area contributed by atoms with E-state index in [-0.39, 0.29) is 11.6 Å². The van der Waals surface area contributed by atoms with Gasteiger partial charge in [-0.25, -0.2) is 4.79 Å². The summed E-state index contributed by atoms with van der Waals surface area (Å²) in [6, 6.07) is -0.242. The molecule has 2 saturated heterocycles. The van der Waals surface area contributed by atoms with Crippen LogP contribution in [0.15, 0.2) is 0 Å². The van der Waals surface area contributed by atoms with E-state index in [2.05, 4.69) is 13.8 Å². The van der Waals surface area contributed by atoms with Crippen molar-refractivity contribution in [1.29, 1.82) is 0 Å². The van der Waals surface area contributed by atoms with Crippen LogP contribution in [0.3, 0.4) is 0 Å². The van der Waals surface area contributed by atoms with Gasteiger partial charge in [0, 0.05) is 12.1 Å². The van der Waals surface area contributed by atoms with Gasteiger partial charge in [-0.05, 0) is 38.0 Å². The van der Waals surface area contributed by atoms with Gasteiger partial charge in [-0.2, -0.15) is 0 Å². The molecule has 0 aromatic heterocycles. The number of nitrogens with two attached hydrogens (primary N) is 1. The Bertz CT molecular complexity index is 241. The molecule has 3 aliphatic rings. The number of carbonyl (C=O) groups is 1. The zero-order valence-electron chi connectivity index (χ0n) is 8.47. The zero-order valence-corrected chi connectivity index (χ0v) is 8.47. The van der Waals surface area contributed by atoms with Crippen molar-refractivity contribution in [1.82, 2.24) is 4.90 Å². The number of carbonyl (C=O) groups excluding carboxylic acids is 1. The smallest absolute Gasteiger partial charge is 0.315 e. The number of hydrogen-bond donors (Lipinski definition) is 1. The molecule has 2 aliphatic heterocycles. The lowest BCUT2D eigenvalue weighted by atomic mass is 9.63. The van der Waals surface area contributed by atoms with E-state index in [1.807, 2.05) is 4.90 Å². The fourth-order valence-electron chi connectivity index (χ4n) is 2.74. The lowest BCUT2D eigenvalue weighted by Gasteiger charge is -2.57. The summed E-state index contributed by atoms with van der Waals surface area (Å²) in [6.07, 6.45) is 4.72. The van der Waals surface area contributed by atoms with Crippen LogP contribution in [0.4, 0.5) is 4.79 Å². The zero-order chi connectivity index (χ0) is 9.69. The van der Waals surface area contributed by atoms with Gasteiger partial charge in [0.1, 0.15) is 0 Å². The molecule has 74 valence electrons. The van der Waals surface area contributed by atoms with E-state index in [1.54, 1.807) is 0 Å². The fourth-order valence-corrected chi connectivity index (χ4v) is 2.74. The first-order valence-corrected chi connectivity index (χ1v) is 5.02. The first kappa shape index (κ1) is 8.85. The maximum atomic E-state index is 11.2. The molecule has 2 amide bonds. The van der Waals surface area contributed by atoms with Crippen molar-refractivity contribution >= 4 is 6.03 Å². The van der Waals surface area contributed by atoms with Gasteiger partial charge in [-0.3, -0.25) is 0 Å². The van der Waals surface area contributed by atoms with Crippen molar-refractivity contribution in [2.75, 3.05) is 6.54 Å². The Balaban J connectivity index is 2.26. The molecule has 3 rings (SSSR count). The summed E-state index contributed by atoms with van der Waals surface area (Å²) in [5, 5.41) is 0. The highest BCUT2D eigenvalue weighted by molar-refractivity contribution is 5.73. The lowest BCUT2D eigenvalue weighted by Crippen LogP contribution is -2.63. The summed E-state index contributed by atoms with van der Waals surface area (Å²) < 4.78 is 0. The number of primary amides is 1. The number of rotatable bonds is 0. The van der Waals surface area contributed by atoms with E-state index < -0.39 is 0 Å². The molecule has 0 spiro atoms. The Labute approximate surface area is 79.3 Å². The van der Waals surface area contributed by atoms with E-state index in [4.69, 9.17) is 5.73 Å². The average molecular weight is 182 g/mol. The summed E-state index contributed by atoms with van der Waals surface area (Å²) in [4.78, 5) is 13.1. The van der Waals surface area contributed by atoms with Gasteiger partial charge >= 0.3 is 6.03 Å². The molecule has 1 aliphatic carbocycles. The minimum atomic E-state index is -0.242. The topological polar surface area (TPSA) is 46.3 Å². The minimum absolute atomic E-state index is 0.0591. The third-order valence-corrected chi connectivity index (χ3v) is 3.99. The van der Waals surface area contributed by atoms with Crippen LogP contribution in [-0.4, -0.2) is 23.0 Å². The Morgan fingerprint density at radius 2 is 1.77 bits per heavy atom. The van der Waals surface area contributed by atoms with Crippen LogP contribution in [-0.2, 0) is 0 Å². The highest BCUT2D eigenvalue weighted by Crippen LogP contribution is 2.49. The molecule has 3 heteroatoms. The van der Waals surface area contributed by atoms with Crippen LogP contribution in [0.2, 0.25) is 0 Å². The first-order chi connectivity index (χ1) is 5.95. The Morgan fingerprint density at radius 3 is 2.15 bits per heavy atom. The van der Waals surface area contributed by atoms with Crippen LogP contribution >= 0.6 is 0 Å². The highest BCUT2D eigenvalue weighted by atomic mass is 16.2. The highest BCUT2D eigenvalue weighted by Gasteiger charge is 2.49. The van der Waals surface area contributed by atoms with Gasteiger partial charge in [0.15, 0.2) is 0 Å². The van der Waals surface area contributed by atoms with E-state index >= 15 is 0 Å². The number of urea groups is 1. The molecule has 2 heterocycles. The van der Waals surface area contributed by atoms with Crippen molar-refractivity contribution in [3.63, 3.8) is 0 Å². The van der Waals surface area contributed by atoms with E-state index in [0.29, 0.717) is 5.41 Å². The predicted octanol–water partition coefficient (Wildman–Crippen LogP) is 1.72. The van der Waals surface area contributed by atoms with Crippen molar-refractivity contribution in [3.8, 4) is 0 Å². The molecule has 2 bridgehead atoms. The molecule has 0 atom stereocenters. The Hall–Kier alpha value is -0.730. The normalized spacial score (nSPS) is 43.7. The van der Waals surface area contributed by atoms with Gasteiger partial charge in [0.05, 0.1) is 0 Å². The molecule has 0 unspecified atom stereocenters.